The van der Waals surface area contributed by atoms with Crippen LogP contribution in [0.25, 0.3) is 0 Å². The molecule has 4 nitrogen and oxygen atoms in total. The first kappa shape index (κ1) is 20.8. The van der Waals surface area contributed by atoms with Crippen LogP contribution in [-0.4, -0.2) is 31.1 Å². The van der Waals surface area contributed by atoms with Gasteiger partial charge in [0, 0.05) is 20.1 Å². The zero-order chi connectivity index (χ0) is 21.4. The number of ether oxygens (including phenoxy) is 1. The highest BCUT2D eigenvalue weighted by atomic mass is 19.4. The minimum absolute atomic E-state index is 0.00802. The topological polar surface area (TPSA) is 32.8 Å². The Hall–Kier alpha value is -2.91. The maximum absolute atomic E-state index is 13.6. The van der Waals surface area contributed by atoms with Crippen molar-refractivity contribution >= 4 is 11.7 Å². The van der Waals surface area contributed by atoms with E-state index in [1.807, 2.05) is 0 Å². The molecule has 0 unspecified atom stereocenters. The molecule has 10 heteroatoms. The average Bonchev–Trinajstić information content (AvgIpc) is 2.97. The quantitative estimate of drug-likeness (QED) is 0.642. The van der Waals surface area contributed by atoms with Gasteiger partial charge >= 0.3 is 18.4 Å². The van der Waals surface area contributed by atoms with Crippen LogP contribution in [-0.2, 0) is 19.0 Å². The average molecular weight is 418 g/mol. The van der Waals surface area contributed by atoms with Gasteiger partial charge in [-0.3, -0.25) is 4.90 Å². The molecule has 1 fully saturated rings. The highest BCUT2D eigenvalue weighted by Crippen LogP contribution is 2.46. The van der Waals surface area contributed by atoms with Crippen LogP contribution in [0, 0.1) is 0 Å². The Morgan fingerprint density at radius 1 is 0.966 bits per heavy atom. The standard InChI is InChI=1S/C19H16F6N2O2/c1-26-7-8-27(17(26)28)15-10-13(18(20,21)22)9-14(19(23,24)25)16(15)29-11-12-5-3-2-4-6-12/h2-6,9-10H,7-8,11H2,1H3. The van der Waals surface area contributed by atoms with Crippen LogP contribution in [0.3, 0.4) is 0 Å². The van der Waals surface area contributed by atoms with Gasteiger partial charge < -0.3 is 9.64 Å². The van der Waals surface area contributed by atoms with Crippen LogP contribution in [0.2, 0.25) is 0 Å². The van der Waals surface area contributed by atoms with E-state index in [1.165, 1.54) is 11.9 Å². The van der Waals surface area contributed by atoms with Gasteiger partial charge in [-0.15, -0.1) is 0 Å². The third-order valence-corrected chi connectivity index (χ3v) is 4.44. The summed E-state index contributed by atoms with van der Waals surface area (Å²) >= 11 is 0. The number of urea groups is 1. The summed E-state index contributed by atoms with van der Waals surface area (Å²) in [5.74, 6) is -0.807. The van der Waals surface area contributed by atoms with Gasteiger partial charge in [0.25, 0.3) is 0 Å². The molecular weight excluding hydrogens is 402 g/mol. The lowest BCUT2D eigenvalue weighted by atomic mass is 10.1. The molecule has 29 heavy (non-hydrogen) atoms. The van der Waals surface area contributed by atoms with Crippen molar-refractivity contribution in [2.24, 2.45) is 0 Å². The Labute approximate surface area is 162 Å². The Morgan fingerprint density at radius 3 is 2.14 bits per heavy atom. The zero-order valence-corrected chi connectivity index (χ0v) is 15.1. The normalized spacial score (nSPS) is 15.2. The van der Waals surface area contributed by atoms with Gasteiger partial charge in [0.05, 0.1) is 11.3 Å². The van der Waals surface area contributed by atoms with Crippen LogP contribution >= 0.6 is 0 Å². The lowest BCUT2D eigenvalue weighted by molar-refractivity contribution is -0.143. The van der Waals surface area contributed by atoms with Crippen molar-refractivity contribution in [3.8, 4) is 5.75 Å². The number of rotatable bonds is 4. The molecule has 1 saturated heterocycles. The zero-order valence-electron chi connectivity index (χ0n) is 15.1. The van der Waals surface area contributed by atoms with Crippen LogP contribution < -0.4 is 9.64 Å². The summed E-state index contributed by atoms with van der Waals surface area (Å²) < 4.78 is 86.0. The van der Waals surface area contributed by atoms with Gasteiger partial charge in [0.1, 0.15) is 12.2 Å². The first-order valence-corrected chi connectivity index (χ1v) is 8.50. The molecule has 2 aromatic carbocycles. The van der Waals surface area contributed by atoms with E-state index in [0.717, 1.165) is 4.90 Å². The molecule has 2 amide bonds. The molecule has 156 valence electrons. The predicted molar refractivity (Wildman–Crippen MR) is 92.6 cm³/mol. The van der Waals surface area contributed by atoms with Crippen molar-refractivity contribution in [1.29, 1.82) is 0 Å². The van der Waals surface area contributed by atoms with Gasteiger partial charge in [-0.25, -0.2) is 4.79 Å². The first-order chi connectivity index (χ1) is 13.5. The first-order valence-electron chi connectivity index (χ1n) is 8.50. The summed E-state index contributed by atoms with van der Waals surface area (Å²) in [6.07, 6.45) is -10.1. The monoisotopic (exact) mass is 418 g/mol. The number of nitrogens with zero attached hydrogens (tertiary/aromatic N) is 2. The van der Waals surface area contributed by atoms with Crippen molar-refractivity contribution < 1.29 is 35.9 Å². The number of carbonyl (C=O) groups excluding carboxylic acids is 1. The molecule has 3 rings (SSSR count). The summed E-state index contributed by atoms with van der Waals surface area (Å²) in [5.41, 5.74) is -3.12. The van der Waals surface area contributed by atoms with Crippen molar-refractivity contribution in [2.75, 3.05) is 25.0 Å². The molecule has 0 saturated carbocycles. The van der Waals surface area contributed by atoms with Gasteiger partial charge in [0.2, 0.25) is 0 Å². The summed E-state index contributed by atoms with van der Waals surface area (Å²) in [5, 5.41) is 0. The number of halogens is 6. The Kier molecular flexibility index (Phi) is 5.38. The van der Waals surface area contributed by atoms with Crippen molar-refractivity contribution in [2.45, 2.75) is 19.0 Å². The second-order valence-corrected chi connectivity index (χ2v) is 6.50. The van der Waals surface area contributed by atoms with E-state index < -0.39 is 40.9 Å². The van der Waals surface area contributed by atoms with E-state index >= 15 is 0 Å². The van der Waals surface area contributed by atoms with E-state index in [4.69, 9.17) is 4.74 Å². The molecule has 0 atom stereocenters. The summed E-state index contributed by atoms with van der Waals surface area (Å²) in [7, 11) is 1.41. The molecule has 0 N–H and O–H groups in total. The second kappa shape index (κ2) is 7.49. The Balaban J connectivity index is 2.15. The molecular formula is C19H16F6N2O2. The summed E-state index contributed by atoms with van der Waals surface area (Å²) in [6, 6.07) is 8.03. The van der Waals surface area contributed by atoms with Gasteiger partial charge in [-0.05, 0) is 17.7 Å². The van der Waals surface area contributed by atoms with E-state index in [0.29, 0.717) is 11.6 Å². The Morgan fingerprint density at radius 2 is 1.62 bits per heavy atom. The molecule has 2 aromatic rings. The largest absolute Gasteiger partial charge is 0.486 e. The van der Waals surface area contributed by atoms with Crippen molar-refractivity contribution in [3.63, 3.8) is 0 Å². The lowest BCUT2D eigenvalue weighted by Crippen LogP contribution is -2.30. The number of anilines is 1. The van der Waals surface area contributed by atoms with E-state index in [-0.39, 0.29) is 25.8 Å². The van der Waals surface area contributed by atoms with Gasteiger partial charge in [0.15, 0.2) is 5.75 Å². The number of hydrogen-bond acceptors (Lipinski definition) is 2. The number of carbonyl (C=O) groups is 1. The van der Waals surface area contributed by atoms with Gasteiger partial charge in [-0.1, -0.05) is 30.3 Å². The third kappa shape index (κ3) is 4.41. The van der Waals surface area contributed by atoms with Crippen molar-refractivity contribution in [3.05, 3.63) is 59.2 Å². The minimum atomic E-state index is -5.11. The highest BCUT2D eigenvalue weighted by molar-refractivity contribution is 5.96. The number of amides is 2. The highest BCUT2D eigenvalue weighted by Gasteiger charge is 2.42. The van der Waals surface area contributed by atoms with Crippen LogP contribution in [0.5, 0.6) is 5.75 Å². The molecule has 0 aliphatic carbocycles. The van der Waals surface area contributed by atoms with Gasteiger partial charge in [-0.2, -0.15) is 26.3 Å². The SMILES string of the molecule is CN1CCN(c2cc(C(F)(F)F)cc(C(F)(F)F)c2OCc2ccccc2)C1=O. The third-order valence-electron chi connectivity index (χ3n) is 4.44. The summed E-state index contributed by atoms with van der Waals surface area (Å²) in [6.45, 7) is -0.204. The lowest BCUT2D eigenvalue weighted by Gasteiger charge is -2.25. The van der Waals surface area contributed by atoms with Crippen LogP contribution in [0.15, 0.2) is 42.5 Å². The number of hydrogen-bond donors (Lipinski definition) is 0. The summed E-state index contributed by atoms with van der Waals surface area (Å²) in [4.78, 5) is 14.4. The molecule has 1 aliphatic heterocycles. The van der Waals surface area contributed by atoms with E-state index in [2.05, 4.69) is 0 Å². The fourth-order valence-electron chi connectivity index (χ4n) is 2.94. The molecule has 0 radical (unpaired) electrons. The Bertz CT molecular complexity index is 896. The molecule has 0 bridgehead atoms. The number of alkyl halides is 6. The minimum Gasteiger partial charge on any atom is -0.486 e. The fraction of sp³-hybridized carbons (Fsp3) is 0.316. The maximum Gasteiger partial charge on any atom is 0.420 e. The van der Waals surface area contributed by atoms with Crippen LogP contribution in [0.4, 0.5) is 36.8 Å². The maximum atomic E-state index is 13.6. The molecule has 1 aliphatic rings. The molecule has 1 heterocycles. The van der Waals surface area contributed by atoms with Crippen molar-refractivity contribution in [1.82, 2.24) is 4.90 Å². The smallest absolute Gasteiger partial charge is 0.420 e. The number of likely N-dealkylation sites (N-methyl/N-ethyl adjacent to an activating group) is 1. The second-order valence-electron chi connectivity index (χ2n) is 6.50. The molecule has 0 spiro atoms. The number of benzene rings is 2. The van der Waals surface area contributed by atoms with E-state index in [9.17, 15) is 31.1 Å². The predicted octanol–water partition coefficient (Wildman–Crippen LogP) is 5.18. The van der Waals surface area contributed by atoms with Crippen LogP contribution in [0.1, 0.15) is 16.7 Å². The fourth-order valence-corrected chi connectivity index (χ4v) is 2.94. The molecule has 0 aromatic heterocycles. The van der Waals surface area contributed by atoms with E-state index in [1.54, 1.807) is 30.3 Å².